The second-order valence-electron chi connectivity index (χ2n) is 8.27. The topological polar surface area (TPSA) is 294 Å². The number of nitrogens with two attached hydrogens (primary N) is 3. The first-order valence-corrected chi connectivity index (χ1v) is 11.1. The summed E-state index contributed by atoms with van der Waals surface area (Å²) in [4.78, 5) is 83.0. The number of rotatable bonds is 16. The third kappa shape index (κ3) is 11.3. The first-order chi connectivity index (χ1) is 17.7. The van der Waals surface area contributed by atoms with E-state index in [4.69, 9.17) is 27.4 Å². The summed E-state index contributed by atoms with van der Waals surface area (Å²) >= 11 is 0. The van der Waals surface area contributed by atoms with Gasteiger partial charge in [0.05, 0.1) is 18.9 Å². The Balaban J connectivity index is 3.02. The van der Waals surface area contributed by atoms with Crippen molar-refractivity contribution in [3.05, 3.63) is 29.8 Å². The van der Waals surface area contributed by atoms with E-state index in [1.807, 2.05) is 5.32 Å². The van der Waals surface area contributed by atoms with Crippen LogP contribution in [0.1, 0.15) is 31.2 Å². The third-order valence-electron chi connectivity index (χ3n) is 5.07. The van der Waals surface area contributed by atoms with Gasteiger partial charge < -0.3 is 48.5 Å². The van der Waals surface area contributed by atoms with Crippen LogP contribution in [0.15, 0.2) is 24.3 Å². The standard InChI is InChI=1S/C22H30N6O10/c23-12(7-10-1-3-11(29)4-2-10)19(34)26-13(5-6-16(24)30)20(35)27-14(8-17(25)31)21(36)28-15(22(37)38)9-18(32)33/h1-4,12-15,29H,5-9,23H2,(H2,24,30)(H2,25,31)(H,26,34)(H,27,35)(H,28,36)(H,32,33)(H,37,38). The number of phenolic OH excluding ortho intramolecular Hbond substituents is 1. The minimum Gasteiger partial charge on any atom is -0.508 e. The zero-order valence-electron chi connectivity index (χ0n) is 20.1. The second-order valence-corrected chi connectivity index (χ2v) is 8.27. The van der Waals surface area contributed by atoms with E-state index in [0.717, 1.165) is 0 Å². The van der Waals surface area contributed by atoms with Crippen LogP contribution in [0.4, 0.5) is 0 Å². The molecule has 0 aromatic heterocycles. The molecular weight excluding hydrogens is 508 g/mol. The molecule has 16 heteroatoms. The number of amides is 5. The van der Waals surface area contributed by atoms with Crippen molar-refractivity contribution in [3.63, 3.8) is 0 Å². The van der Waals surface area contributed by atoms with E-state index in [-0.39, 0.29) is 25.0 Å². The summed E-state index contributed by atoms with van der Waals surface area (Å²) < 4.78 is 0. The number of carbonyl (C=O) groups is 7. The van der Waals surface area contributed by atoms with Crippen LogP contribution in [0.2, 0.25) is 0 Å². The van der Waals surface area contributed by atoms with Gasteiger partial charge >= 0.3 is 11.9 Å². The van der Waals surface area contributed by atoms with Crippen LogP contribution in [0.25, 0.3) is 0 Å². The highest BCUT2D eigenvalue weighted by Crippen LogP contribution is 2.11. The number of benzene rings is 1. The van der Waals surface area contributed by atoms with Crippen LogP contribution in [0.3, 0.4) is 0 Å². The van der Waals surface area contributed by atoms with Gasteiger partial charge in [0.15, 0.2) is 0 Å². The Morgan fingerprint density at radius 1 is 0.737 bits per heavy atom. The zero-order chi connectivity index (χ0) is 29.0. The van der Waals surface area contributed by atoms with E-state index in [0.29, 0.717) is 5.56 Å². The molecule has 0 saturated carbocycles. The van der Waals surface area contributed by atoms with Crippen molar-refractivity contribution in [2.75, 3.05) is 0 Å². The number of primary amides is 2. The van der Waals surface area contributed by atoms with Gasteiger partial charge in [0.2, 0.25) is 29.5 Å². The molecule has 4 atom stereocenters. The largest absolute Gasteiger partial charge is 0.508 e. The van der Waals surface area contributed by atoms with Crippen molar-refractivity contribution in [1.82, 2.24) is 16.0 Å². The Bertz CT molecular complexity index is 1060. The minimum atomic E-state index is -1.88. The number of phenols is 1. The van der Waals surface area contributed by atoms with Crippen LogP contribution < -0.4 is 33.2 Å². The molecule has 5 amide bonds. The molecule has 0 spiro atoms. The van der Waals surface area contributed by atoms with Crippen molar-refractivity contribution >= 4 is 41.5 Å². The average Bonchev–Trinajstić information content (AvgIpc) is 2.81. The average molecular weight is 539 g/mol. The smallest absolute Gasteiger partial charge is 0.326 e. The molecule has 0 aliphatic carbocycles. The first-order valence-electron chi connectivity index (χ1n) is 11.1. The number of hydrogen-bond donors (Lipinski definition) is 9. The molecule has 0 radical (unpaired) electrons. The maximum Gasteiger partial charge on any atom is 0.326 e. The van der Waals surface area contributed by atoms with Crippen molar-refractivity contribution in [2.24, 2.45) is 17.2 Å². The zero-order valence-corrected chi connectivity index (χ0v) is 20.1. The fourth-order valence-electron chi connectivity index (χ4n) is 3.14. The van der Waals surface area contributed by atoms with Gasteiger partial charge in [-0.2, -0.15) is 0 Å². The van der Waals surface area contributed by atoms with Crippen LogP contribution in [0, 0.1) is 0 Å². The lowest BCUT2D eigenvalue weighted by Crippen LogP contribution is -2.58. The lowest BCUT2D eigenvalue weighted by Gasteiger charge is -2.24. The molecule has 0 fully saturated rings. The van der Waals surface area contributed by atoms with Crippen LogP contribution in [-0.4, -0.2) is 81.0 Å². The number of hydrogen-bond acceptors (Lipinski definition) is 9. The predicted octanol–water partition coefficient (Wildman–Crippen LogP) is -3.58. The molecular formula is C22H30N6O10. The van der Waals surface area contributed by atoms with Gasteiger partial charge in [0.1, 0.15) is 23.9 Å². The van der Waals surface area contributed by atoms with Crippen molar-refractivity contribution in [3.8, 4) is 5.75 Å². The molecule has 1 rings (SSSR count). The Morgan fingerprint density at radius 2 is 1.26 bits per heavy atom. The molecule has 1 aromatic carbocycles. The van der Waals surface area contributed by atoms with Crippen LogP contribution in [-0.2, 0) is 40.0 Å². The lowest BCUT2D eigenvalue weighted by atomic mass is 10.0. The van der Waals surface area contributed by atoms with Crippen molar-refractivity contribution in [2.45, 2.75) is 56.3 Å². The highest BCUT2D eigenvalue weighted by molar-refractivity contribution is 5.96. The van der Waals surface area contributed by atoms with Crippen molar-refractivity contribution < 1.29 is 48.9 Å². The molecule has 1 aromatic rings. The van der Waals surface area contributed by atoms with Gasteiger partial charge in [-0.25, -0.2) is 4.79 Å². The molecule has 0 aliphatic rings. The number of carboxylic acids is 2. The van der Waals surface area contributed by atoms with E-state index in [2.05, 4.69) is 10.6 Å². The van der Waals surface area contributed by atoms with E-state index >= 15 is 0 Å². The highest BCUT2D eigenvalue weighted by atomic mass is 16.4. The minimum absolute atomic E-state index is 0.00199. The van der Waals surface area contributed by atoms with Crippen LogP contribution >= 0.6 is 0 Å². The molecule has 0 aliphatic heterocycles. The normalized spacial score (nSPS) is 13.7. The van der Waals surface area contributed by atoms with E-state index in [1.165, 1.54) is 24.3 Å². The first kappa shape index (κ1) is 31.3. The number of carbonyl (C=O) groups excluding carboxylic acids is 5. The third-order valence-corrected chi connectivity index (χ3v) is 5.07. The maximum atomic E-state index is 12.9. The molecule has 0 heterocycles. The number of aromatic hydroxyl groups is 1. The van der Waals surface area contributed by atoms with Gasteiger partial charge in [0.25, 0.3) is 0 Å². The van der Waals surface area contributed by atoms with E-state index < -0.39 is 78.5 Å². The fraction of sp³-hybridized carbons (Fsp3) is 0.409. The van der Waals surface area contributed by atoms with Crippen molar-refractivity contribution in [1.29, 1.82) is 0 Å². The molecule has 38 heavy (non-hydrogen) atoms. The van der Waals surface area contributed by atoms with Gasteiger partial charge in [0, 0.05) is 6.42 Å². The summed E-state index contributed by atoms with van der Waals surface area (Å²) in [6.07, 6.45) is -2.45. The summed E-state index contributed by atoms with van der Waals surface area (Å²) in [5.74, 6) is -8.19. The summed E-state index contributed by atoms with van der Waals surface area (Å²) in [6.45, 7) is 0. The molecule has 0 bridgehead atoms. The van der Waals surface area contributed by atoms with Crippen LogP contribution in [0.5, 0.6) is 5.75 Å². The number of carboxylic acid groups (broad SMARTS) is 2. The Morgan fingerprint density at radius 3 is 1.76 bits per heavy atom. The van der Waals surface area contributed by atoms with Gasteiger partial charge in [-0.05, 0) is 30.5 Å². The number of aliphatic carboxylic acids is 2. The predicted molar refractivity (Wildman–Crippen MR) is 128 cm³/mol. The number of nitrogens with one attached hydrogen (secondary N) is 3. The molecule has 4 unspecified atom stereocenters. The quantitative estimate of drug-likeness (QED) is 0.0990. The van der Waals surface area contributed by atoms with E-state index in [9.17, 15) is 38.7 Å². The highest BCUT2D eigenvalue weighted by Gasteiger charge is 2.32. The molecule has 12 N–H and O–H groups in total. The lowest BCUT2D eigenvalue weighted by molar-refractivity contribution is -0.147. The Kier molecular flexibility index (Phi) is 12.1. The summed E-state index contributed by atoms with van der Waals surface area (Å²) in [7, 11) is 0. The Labute approximate surface area is 215 Å². The molecule has 0 saturated heterocycles. The summed E-state index contributed by atoms with van der Waals surface area (Å²) in [6, 6.07) is -0.413. The summed E-state index contributed by atoms with van der Waals surface area (Å²) in [5.41, 5.74) is 16.7. The van der Waals surface area contributed by atoms with Gasteiger partial charge in [-0.15, -0.1) is 0 Å². The fourth-order valence-corrected chi connectivity index (χ4v) is 3.14. The molecule has 208 valence electrons. The van der Waals surface area contributed by atoms with Gasteiger partial charge in [-0.1, -0.05) is 12.1 Å². The molecule has 16 nitrogen and oxygen atoms in total. The Hall–Kier alpha value is -4.73. The van der Waals surface area contributed by atoms with E-state index in [1.54, 1.807) is 0 Å². The van der Waals surface area contributed by atoms with Gasteiger partial charge in [-0.3, -0.25) is 28.8 Å². The monoisotopic (exact) mass is 538 g/mol. The summed E-state index contributed by atoms with van der Waals surface area (Å²) in [5, 5.41) is 33.7. The maximum absolute atomic E-state index is 12.9. The SMILES string of the molecule is NC(=O)CCC(NC(=O)C(N)Cc1ccc(O)cc1)C(=O)NC(CC(N)=O)C(=O)NC(CC(=O)O)C(=O)O. The second kappa shape index (κ2) is 14.7.